The van der Waals surface area contributed by atoms with E-state index in [0.717, 1.165) is 5.56 Å². The number of methoxy groups -OCH3 is 3. The van der Waals surface area contributed by atoms with Crippen LogP contribution in [0.4, 0.5) is 0 Å². The van der Waals surface area contributed by atoms with E-state index in [4.69, 9.17) is 14.2 Å². The van der Waals surface area contributed by atoms with Crippen molar-refractivity contribution in [2.75, 3.05) is 21.3 Å². The number of hydrazone groups is 1. The van der Waals surface area contributed by atoms with Gasteiger partial charge in [0.25, 0.3) is 11.8 Å². The second-order valence-corrected chi connectivity index (χ2v) is 6.95. The minimum absolute atomic E-state index is 0.0436. The Morgan fingerprint density at radius 1 is 0.794 bits per heavy atom. The van der Waals surface area contributed by atoms with Gasteiger partial charge in [0, 0.05) is 11.1 Å². The maximum absolute atomic E-state index is 12.9. The smallest absolute Gasteiger partial charge is 0.287 e. The van der Waals surface area contributed by atoms with Crippen molar-refractivity contribution in [3.63, 3.8) is 0 Å². The first-order chi connectivity index (χ1) is 16.5. The normalized spacial score (nSPS) is 11.1. The highest BCUT2D eigenvalue weighted by Crippen LogP contribution is 2.37. The van der Waals surface area contributed by atoms with Crippen molar-refractivity contribution in [3.8, 4) is 17.2 Å². The number of nitrogens with one attached hydrogen (secondary N) is 2. The third-order valence-electron chi connectivity index (χ3n) is 4.71. The number of hydrogen-bond acceptors (Lipinski definition) is 6. The van der Waals surface area contributed by atoms with Crippen LogP contribution in [-0.2, 0) is 4.79 Å². The summed E-state index contributed by atoms with van der Waals surface area (Å²) in [6.45, 7) is 0. The van der Waals surface area contributed by atoms with Crippen LogP contribution >= 0.6 is 0 Å². The van der Waals surface area contributed by atoms with Crippen LogP contribution in [0.2, 0.25) is 0 Å². The highest BCUT2D eigenvalue weighted by Gasteiger charge is 2.15. The average molecular weight is 460 g/mol. The number of nitrogens with zero attached hydrogens (tertiary/aromatic N) is 1. The molecule has 2 amide bonds. The van der Waals surface area contributed by atoms with E-state index in [2.05, 4.69) is 15.8 Å². The summed E-state index contributed by atoms with van der Waals surface area (Å²) in [6.07, 6.45) is 3.01. The minimum Gasteiger partial charge on any atom is -0.493 e. The van der Waals surface area contributed by atoms with Crippen LogP contribution in [0.15, 0.2) is 83.6 Å². The molecule has 0 aliphatic rings. The molecule has 0 unspecified atom stereocenters. The monoisotopic (exact) mass is 459 g/mol. The van der Waals surface area contributed by atoms with Crippen molar-refractivity contribution < 1.29 is 23.8 Å². The van der Waals surface area contributed by atoms with Crippen molar-refractivity contribution in [2.24, 2.45) is 5.10 Å². The second-order valence-electron chi connectivity index (χ2n) is 6.95. The molecule has 0 saturated heterocycles. The van der Waals surface area contributed by atoms with E-state index >= 15 is 0 Å². The minimum atomic E-state index is -0.586. The number of benzene rings is 3. The Morgan fingerprint density at radius 2 is 1.38 bits per heavy atom. The van der Waals surface area contributed by atoms with Gasteiger partial charge in [-0.2, -0.15) is 5.10 Å². The summed E-state index contributed by atoms with van der Waals surface area (Å²) in [5, 5.41) is 6.68. The maximum atomic E-state index is 12.9. The molecule has 0 radical (unpaired) electrons. The van der Waals surface area contributed by atoms with E-state index in [1.54, 1.807) is 42.5 Å². The lowest BCUT2D eigenvalue weighted by molar-refractivity contribution is -0.117. The van der Waals surface area contributed by atoms with Gasteiger partial charge in [0.15, 0.2) is 11.5 Å². The fourth-order valence-corrected chi connectivity index (χ4v) is 3.06. The van der Waals surface area contributed by atoms with Crippen LogP contribution < -0.4 is 25.0 Å². The molecule has 0 aromatic heterocycles. The highest BCUT2D eigenvalue weighted by atomic mass is 16.5. The zero-order valence-electron chi connectivity index (χ0n) is 19.1. The van der Waals surface area contributed by atoms with Crippen molar-refractivity contribution in [1.29, 1.82) is 0 Å². The SMILES string of the molecule is COc1cc(/C=N/NC(=O)/C(=C\c2ccccc2)NC(=O)c2ccccc2)cc(OC)c1OC. The molecule has 0 spiro atoms. The third-order valence-corrected chi connectivity index (χ3v) is 4.71. The van der Waals surface area contributed by atoms with Crippen LogP contribution in [0.3, 0.4) is 0 Å². The van der Waals surface area contributed by atoms with Crippen LogP contribution in [-0.4, -0.2) is 39.4 Å². The number of hydrogen-bond donors (Lipinski definition) is 2. The molecule has 0 heterocycles. The molecular formula is C26H25N3O5. The van der Waals surface area contributed by atoms with Crippen molar-refractivity contribution in [3.05, 3.63) is 95.2 Å². The molecule has 3 rings (SSSR count). The summed E-state index contributed by atoms with van der Waals surface area (Å²) in [7, 11) is 4.53. The predicted octanol–water partition coefficient (Wildman–Crippen LogP) is 3.63. The summed E-state index contributed by atoms with van der Waals surface area (Å²) in [5.41, 5.74) is 4.27. The van der Waals surface area contributed by atoms with Gasteiger partial charge in [0.2, 0.25) is 5.75 Å². The molecule has 0 aliphatic heterocycles. The fourth-order valence-electron chi connectivity index (χ4n) is 3.06. The first-order valence-electron chi connectivity index (χ1n) is 10.3. The fraction of sp³-hybridized carbons (Fsp3) is 0.115. The molecule has 174 valence electrons. The molecule has 8 nitrogen and oxygen atoms in total. The van der Waals surface area contributed by atoms with Gasteiger partial charge in [-0.15, -0.1) is 0 Å². The van der Waals surface area contributed by atoms with Crippen LogP contribution in [0.1, 0.15) is 21.5 Å². The zero-order valence-corrected chi connectivity index (χ0v) is 19.1. The molecule has 3 aromatic carbocycles. The molecule has 0 saturated carbocycles. The standard InChI is InChI=1S/C26H25N3O5/c1-32-22-15-19(16-23(33-2)24(22)34-3)17-27-29-26(31)21(14-18-10-6-4-7-11-18)28-25(30)20-12-8-5-9-13-20/h4-17H,1-3H3,(H,28,30)(H,29,31)/b21-14+,27-17+. The first kappa shape index (κ1) is 24.1. The molecule has 0 atom stereocenters. The van der Waals surface area contributed by atoms with Gasteiger partial charge in [-0.25, -0.2) is 5.43 Å². The number of ether oxygens (including phenoxy) is 3. The Kier molecular flexibility index (Phi) is 8.40. The molecule has 34 heavy (non-hydrogen) atoms. The lowest BCUT2D eigenvalue weighted by atomic mass is 10.1. The van der Waals surface area contributed by atoms with Crippen molar-refractivity contribution in [2.45, 2.75) is 0 Å². The molecule has 0 fully saturated rings. The third kappa shape index (κ3) is 6.23. The van der Waals surface area contributed by atoms with Crippen LogP contribution in [0.25, 0.3) is 6.08 Å². The Hall–Kier alpha value is -4.59. The topological polar surface area (TPSA) is 98.2 Å². The highest BCUT2D eigenvalue weighted by molar-refractivity contribution is 6.05. The Balaban J connectivity index is 1.81. The quantitative estimate of drug-likeness (QED) is 0.289. The largest absolute Gasteiger partial charge is 0.493 e. The summed E-state index contributed by atoms with van der Waals surface area (Å²) in [6, 6.07) is 21.2. The van der Waals surface area contributed by atoms with E-state index in [0.29, 0.717) is 28.4 Å². The van der Waals surface area contributed by atoms with Gasteiger partial charge < -0.3 is 19.5 Å². The van der Waals surface area contributed by atoms with Gasteiger partial charge in [-0.05, 0) is 35.9 Å². The Bertz CT molecular complexity index is 1170. The van der Waals surface area contributed by atoms with E-state index in [-0.39, 0.29) is 5.70 Å². The van der Waals surface area contributed by atoms with E-state index in [1.807, 2.05) is 36.4 Å². The van der Waals surface area contributed by atoms with E-state index in [1.165, 1.54) is 27.5 Å². The number of carbonyl (C=O) groups excluding carboxylic acids is 2. The number of carbonyl (C=O) groups is 2. The van der Waals surface area contributed by atoms with E-state index in [9.17, 15) is 9.59 Å². The molecule has 2 N–H and O–H groups in total. The molecular weight excluding hydrogens is 434 g/mol. The van der Waals surface area contributed by atoms with Gasteiger partial charge in [-0.1, -0.05) is 48.5 Å². The van der Waals surface area contributed by atoms with E-state index < -0.39 is 11.8 Å². The second kappa shape index (κ2) is 11.9. The van der Waals surface area contributed by atoms with Gasteiger partial charge in [-0.3, -0.25) is 9.59 Å². The summed E-state index contributed by atoms with van der Waals surface area (Å²) in [5.74, 6) is 0.357. The van der Waals surface area contributed by atoms with Crippen LogP contribution in [0.5, 0.6) is 17.2 Å². The average Bonchev–Trinajstić information content (AvgIpc) is 2.88. The zero-order chi connectivity index (χ0) is 24.3. The van der Waals surface area contributed by atoms with Gasteiger partial charge in [0.1, 0.15) is 5.70 Å². The molecule has 8 heteroatoms. The van der Waals surface area contributed by atoms with Crippen molar-refractivity contribution in [1.82, 2.24) is 10.7 Å². The lowest BCUT2D eigenvalue weighted by Crippen LogP contribution is -2.32. The van der Waals surface area contributed by atoms with Gasteiger partial charge >= 0.3 is 0 Å². The van der Waals surface area contributed by atoms with Gasteiger partial charge in [0.05, 0.1) is 27.5 Å². The van der Waals surface area contributed by atoms with Crippen molar-refractivity contribution >= 4 is 24.1 Å². The molecule has 0 aliphatic carbocycles. The maximum Gasteiger partial charge on any atom is 0.287 e. The Labute approximate surface area is 197 Å². The number of rotatable bonds is 9. The Morgan fingerprint density at radius 3 is 1.94 bits per heavy atom. The summed E-state index contributed by atoms with van der Waals surface area (Å²) in [4.78, 5) is 25.5. The predicted molar refractivity (Wildman–Crippen MR) is 130 cm³/mol. The first-order valence-corrected chi connectivity index (χ1v) is 10.3. The summed E-state index contributed by atoms with van der Waals surface area (Å²) < 4.78 is 16.0. The molecule has 0 bridgehead atoms. The number of amides is 2. The lowest BCUT2D eigenvalue weighted by Gasteiger charge is -2.12. The summed E-state index contributed by atoms with van der Waals surface area (Å²) >= 11 is 0. The van der Waals surface area contributed by atoms with Crippen LogP contribution in [0, 0.1) is 0 Å². The molecule has 3 aromatic rings.